The van der Waals surface area contributed by atoms with Crippen LogP contribution in [0.3, 0.4) is 0 Å². The summed E-state index contributed by atoms with van der Waals surface area (Å²) in [5.41, 5.74) is 4.02. The zero-order chi connectivity index (χ0) is 19.9. The summed E-state index contributed by atoms with van der Waals surface area (Å²) in [4.78, 5) is 14.6. The Labute approximate surface area is 166 Å². The molecule has 0 bridgehead atoms. The number of carbonyl (C=O) groups is 1. The smallest absolute Gasteiger partial charge is 0.226 e. The fraction of sp³-hybridized carbons (Fsp3) is 0.409. The number of aryl methyl sites for hydroxylation is 1. The number of anilines is 3. The highest BCUT2D eigenvalue weighted by Crippen LogP contribution is 2.32. The summed E-state index contributed by atoms with van der Waals surface area (Å²) in [6, 6.07) is 11.9. The van der Waals surface area contributed by atoms with Crippen molar-refractivity contribution in [2.75, 3.05) is 48.4 Å². The number of ether oxygens (including phenoxy) is 2. The second kappa shape index (κ2) is 9.35. The number of fused-ring (bicyclic) bond motifs is 1. The first-order chi connectivity index (χ1) is 13.6. The number of nitrogens with one attached hydrogen (secondary N) is 2. The van der Waals surface area contributed by atoms with Crippen LogP contribution in [-0.2, 0) is 4.79 Å². The van der Waals surface area contributed by atoms with E-state index >= 15 is 0 Å². The van der Waals surface area contributed by atoms with Crippen LogP contribution in [0.5, 0.6) is 11.5 Å². The van der Waals surface area contributed by atoms with Crippen molar-refractivity contribution >= 4 is 23.0 Å². The van der Waals surface area contributed by atoms with Crippen molar-refractivity contribution in [3.05, 3.63) is 42.0 Å². The number of amides is 1. The van der Waals surface area contributed by atoms with Crippen molar-refractivity contribution in [2.45, 2.75) is 27.2 Å². The van der Waals surface area contributed by atoms with Crippen LogP contribution in [0.25, 0.3) is 0 Å². The van der Waals surface area contributed by atoms with Crippen LogP contribution in [0.4, 0.5) is 17.1 Å². The maximum atomic E-state index is 12.3. The molecular formula is C22H29N3O3. The van der Waals surface area contributed by atoms with Crippen LogP contribution in [0.2, 0.25) is 0 Å². The van der Waals surface area contributed by atoms with Gasteiger partial charge in [0.15, 0.2) is 11.5 Å². The van der Waals surface area contributed by atoms with E-state index in [0.717, 1.165) is 41.5 Å². The van der Waals surface area contributed by atoms with Gasteiger partial charge in [-0.05, 0) is 56.7 Å². The van der Waals surface area contributed by atoms with Gasteiger partial charge in [-0.2, -0.15) is 0 Å². The van der Waals surface area contributed by atoms with Crippen LogP contribution < -0.4 is 25.0 Å². The Balaban J connectivity index is 1.50. The maximum Gasteiger partial charge on any atom is 0.226 e. The van der Waals surface area contributed by atoms with E-state index in [1.54, 1.807) is 0 Å². The quantitative estimate of drug-likeness (QED) is 0.720. The van der Waals surface area contributed by atoms with Crippen molar-refractivity contribution in [1.29, 1.82) is 0 Å². The zero-order valence-corrected chi connectivity index (χ0v) is 16.9. The lowest BCUT2D eigenvalue weighted by atomic mass is 10.1. The highest BCUT2D eigenvalue weighted by molar-refractivity contribution is 5.92. The topological polar surface area (TPSA) is 62.8 Å². The normalized spacial score (nSPS) is 12.4. The maximum absolute atomic E-state index is 12.3. The van der Waals surface area contributed by atoms with Crippen LogP contribution in [0.1, 0.15) is 25.8 Å². The average Bonchev–Trinajstić information content (AvgIpc) is 2.71. The number of rotatable bonds is 8. The molecule has 1 heterocycles. The summed E-state index contributed by atoms with van der Waals surface area (Å²) in [5, 5.41) is 6.27. The van der Waals surface area contributed by atoms with E-state index in [9.17, 15) is 4.79 Å². The van der Waals surface area contributed by atoms with E-state index in [4.69, 9.17) is 9.47 Å². The highest BCUT2D eigenvalue weighted by Gasteiger charge is 2.12. The van der Waals surface area contributed by atoms with Gasteiger partial charge in [0.05, 0.1) is 0 Å². The first kappa shape index (κ1) is 19.9. The Morgan fingerprint density at radius 1 is 1.04 bits per heavy atom. The fourth-order valence-corrected chi connectivity index (χ4v) is 3.26. The van der Waals surface area contributed by atoms with E-state index in [1.807, 2.05) is 31.2 Å². The van der Waals surface area contributed by atoms with Crippen molar-refractivity contribution in [1.82, 2.24) is 0 Å². The summed E-state index contributed by atoms with van der Waals surface area (Å²) >= 11 is 0. The third-order valence-corrected chi connectivity index (χ3v) is 4.84. The van der Waals surface area contributed by atoms with Gasteiger partial charge in [-0.25, -0.2) is 0 Å². The van der Waals surface area contributed by atoms with Gasteiger partial charge < -0.3 is 25.0 Å². The van der Waals surface area contributed by atoms with Gasteiger partial charge in [-0.15, -0.1) is 0 Å². The summed E-state index contributed by atoms with van der Waals surface area (Å²) in [6.07, 6.45) is 0.381. The van der Waals surface area contributed by atoms with E-state index in [0.29, 0.717) is 26.2 Å². The second-order valence-electron chi connectivity index (χ2n) is 6.75. The Hall–Kier alpha value is -2.89. The molecule has 0 spiro atoms. The summed E-state index contributed by atoms with van der Waals surface area (Å²) in [6.45, 7) is 9.92. The van der Waals surface area contributed by atoms with E-state index < -0.39 is 0 Å². The Kier molecular flexibility index (Phi) is 6.63. The molecule has 6 nitrogen and oxygen atoms in total. The summed E-state index contributed by atoms with van der Waals surface area (Å²) in [5.74, 6) is 1.49. The average molecular weight is 383 g/mol. The van der Waals surface area contributed by atoms with Gasteiger partial charge in [0, 0.05) is 49.2 Å². The molecule has 28 heavy (non-hydrogen) atoms. The fourth-order valence-electron chi connectivity index (χ4n) is 3.26. The molecule has 2 aromatic carbocycles. The second-order valence-corrected chi connectivity index (χ2v) is 6.75. The van der Waals surface area contributed by atoms with Crippen LogP contribution in [-0.4, -0.2) is 38.8 Å². The molecule has 2 N–H and O–H groups in total. The molecule has 0 radical (unpaired) electrons. The minimum Gasteiger partial charge on any atom is -0.486 e. The third-order valence-electron chi connectivity index (χ3n) is 4.84. The van der Waals surface area contributed by atoms with Gasteiger partial charge in [0.1, 0.15) is 13.2 Å². The van der Waals surface area contributed by atoms with Crippen molar-refractivity contribution in [3.8, 4) is 11.5 Å². The first-order valence-corrected chi connectivity index (χ1v) is 9.89. The molecule has 2 aromatic rings. The molecule has 150 valence electrons. The molecule has 1 aliphatic heterocycles. The Bertz CT molecular complexity index is 819. The Morgan fingerprint density at radius 2 is 1.79 bits per heavy atom. The first-order valence-electron chi connectivity index (χ1n) is 9.89. The summed E-state index contributed by atoms with van der Waals surface area (Å²) < 4.78 is 11.1. The number of hydrogen-bond donors (Lipinski definition) is 2. The molecule has 1 aliphatic rings. The molecule has 0 saturated heterocycles. The molecular weight excluding hydrogens is 354 g/mol. The SMILES string of the molecule is CCN(CC)c1ccc(NC(=O)CCNc2ccc3c(c2)OCCO3)c(C)c1. The Morgan fingerprint density at radius 3 is 2.50 bits per heavy atom. The molecule has 3 rings (SSSR count). The van der Waals surface area contributed by atoms with Gasteiger partial charge in [0.25, 0.3) is 0 Å². The molecule has 0 saturated carbocycles. The lowest BCUT2D eigenvalue weighted by molar-refractivity contribution is -0.115. The van der Waals surface area contributed by atoms with Crippen LogP contribution in [0, 0.1) is 6.92 Å². The van der Waals surface area contributed by atoms with E-state index in [-0.39, 0.29) is 5.91 Å². The molecule has 0 fully saturated rings. The van der Waals surface area contributed by atoms with Gasteiger partial charge in [-0.3, -0.25) is 4.79 Å². The van der Waals surface area contributed by atoms with Gasteiger partial charge >= 0.3 is 0 Å². The number of carbonyl (C=O) groups excluding carboxylic acids is 1. The standard InChI is InChI=1S/C22H29N3O3/c1-4-25(5-2)18-7-8-19(16(3)14-18)24-22(26)10-11-23-17-6-9-20-21(15-17)28-13-12-27-20/h6-9,14-15,23H,4-5,10-13H2,1-3H3,(H,24,26). The molecule has 0 unspecified atom stereocenters. The number of benzene rings is 2. The highest BCUT2D eigenvalue weighted by atomic mass is 16.6. The van der Waals surface area contributed by atoms with Crippen molar-refractivity contribution < 1.29 is 14.3 Å². The van der Waals surface area contributed by atoms with E-state index in [1.165, 1.54) is 5.69 Å². The molecule has 6 heteroatoms. The molecule has 0 aliphatic carbocycles. The van der Waals surface area contributed by atoms with Gasteiger partial charge in [0.2, 0.25) is 5.91 Å². The summed E-state index contributed by atoms with van der Waals surface area (Å²) in [7, 11) is 0. The lowest BCUT2D eigenvalue weighted by Gasteiger charge is -2.22. The molecule has 0 atom stereocenters. The predicted octanol–water partition coefficient (Wildman–Crippen LogP) is 4.05. The largest absolute Gasteiger partial charge is 0.486 e. The van der Waals surface area contributed by atoms with Gasteiger partial charge in [-0.1, -0.05) is 0 Å². The van der Waals surface area contributed by atoms with Crippen molar-refractivity contribution in [3.63, 3.8) is 0 Å². The number of nitrogens with zero attached hydrogens (tertiary/aromatic N) is 1. The monoisotopic (exact) mass is 383 g/mol. The van der Waals surface area contributed by atoms with E-state index in [2.05, 4.69) is 41.5 Å². The molecule has 1 amide bonds. The predicted molar refractivity (Wildman–Crippen MR) is 114 cm³/mol. The zero-order valence-electron chi connectivity index (χ0n) is 16.9. The minimum atomic E-state index is -0.0104. The van der Waals surface area contributed by atoms with Crippen molar-refractivity contribution in [2.24, 2.45) is 0 Å². The number of hydrogen-bond acceptors (Lipinski definition) is 5. The van der Waals surface area contributed by atoms with Crippen LogP contribution in [0.15, 0.2) is 36.4 Å². The molecule has 0 aromatic heterocycles. The minimum absolute atomic E-state index is 0.0104. The lowest BCUT2D eigenvalue weighted by Crippen LogP contribution is -2.22. The van der Waals surface area contributed by atoms with Crippen LogP contribution >= 0.6 is 0 Å². The third kappa shape index (κ3) is 4.88.